The summed E-state index contributed by atoms with van der Waals surface area (Å²) in [7, 11) is 3.89. The highest BCUT2D eigenvalue weighted by molar-refractivity contribution is 7.13. The summed E-state index contributed by atoms with van der Waals surface area (Å²) < 4.78 is 0. The van der Waals surface area contributed by atoms with Gasteiger partial charge in [0, 0.05) is 25.7 Å². The van der Waals surface area contributed by atoms with Crippen LogP contribution in [0.3, 0.4) is 0 Å². The zero-order valence-electron chi connectivity index (χ0n) is 13.9. The summed E-state index contributed by atoms with van der Waals surface area (Å²) in [6, 6.07) is 5.38. The van der Waals surface area contributed by atoms with E-state index in [1.165, 1.54) is 0 Å². The van der Waals surface area contributed by atoms with Gasteiger partial charge in [-0.2, -0.15) is 0 Å². The molecule has 2 heterocycles. The quantitative estimate of drug-likeness (QED) is 0.853. The van der Waals surface area contributed by atoms with Gasteiger partial charge in [-0.05, 0) is 18.1 Å². The summed E-state index contributed by atoms with van der Waals surface area (Å²) in [6.07, 6.45) is 1.74. The number of urea groups is 1. The van der Waals surface area contributed by atoms with Crippen LogP contribution in [0.1, 0.15) is 31.3 Å². The first-order valence-corrected chi connectivity index (χ1v) is 8.42. The first kappa shape index (κ1) is 17.2. The molecule has 0 aliphatic rings. The zero-order valence-corrected chi connectivity index (χ0v) is 14.7. The van der Waals surface area contributed by atoms with Crippen molar-refractivity contribution in [2.75, 3.05) is 19.0 Å². The number of hydrogen-bond donors (Lipinski definition) is 2. The number of hydrogen-bond acceptors (Lipinski definition) is 5. The maximum Gasteiger partial charge on any atom is 0.315 e. The molecule has 0 bridgehead atoms. The van der Waals surface area contributed by atoms with Crippen molar-refractivity contribution < 1.29 is 4.79 Å². The van der Waals surface area contributed by atoms with Gasteiger partial charge in [0.1, 0.15) is 0 Å². The Hall–Kier alpha value is -2.15. The van der Waals surface area contributed by atoms with Crippen LogP contribution in [0.5, 0.6) is 0 Å². The van der Waals surface area contributed by atoms with Gasteiger partial charge in [-0.3, -0.25) is 4.98 Å². The van der Waals surface area contributed by atoms with Gasteiger partial charge in [0.15, 0.2) is 5.13 Å². The van der Waals surface area contributed by atoms with Crippen LogP contribution in [0.2, 0.25) is 0 Å². The fourth-order valence-corrected chi connectivity index (χ4v) is 2.85. The van der Waals surface area contributed by atoms with Gasteiger partial charge in [-0.1, -0.05) is 19.9 Å². The van der Waals surface area contributed by atoms with Crippen LogP contribution in [-0.4, -0.2) is 30.1 Å². The Kier molecular flexibility index (Phi) is 5.92. The number of nitrogens with zero attached hydrogens (tertiary/aromatic N) is 3. The second-order valence-corrected chi connectivity index (χ2v) is 6.66. The minimum Gasteiger partial charge on any atom is -0.354 e. The molecule has 2 rings (SSSR count). The molecule has 2 aromatic heterocycles. The van der Waals surface area contributed by atoms with E-state index in [-0.39, 0.29) is 18.0 Å². The Morgan fingerprint density at radius 2 is 2.13 bits per heavy atom. The van der Waals surface area contributed by atoms with Gasteiger partial charge in [0.2, 0.25) is 0 Å². The molecule has 0 radical (unpaired) electrons. The molecule has 1 atom stereocenters. The van der Waals surface area contributed by atoms with Crippen LogP contribution in [0.25, 0.3) is 0 Å². The summed E-state index contributed by atoms with van der Waals surface area (Å²) in [5.41, 5.74) is 1.72. The van der Waals surface area contributed by atoms with Gasteiger partial charge in [-0.25, -0.2) is 9.78 Å². The van der Waals surface area contributed by atoms with Crippen molar-refractivity contribution in [1.82, 2.24) is 20.6 Å². The molecule has 0 saturated heterocycles. The van der Waals surface area contributed by atoms with Crippen LogP contribution in [0.15, 0.2) is 29.8 Å². The summed E-state index contributed by atoms with van der Waals surface area (Å²) in [5.74, 6) is 0.246. The minimum atomic E-state index is -0.214. The van der Waals surface area contributed by atoms with Gasteiger partial charge in [-0.15, -0.1) is 11.3 Å². The predicted molar refractivity (Wildman–Crippen MR) is 93.6 cm³/mol. The van der Waals surface area contributed by atoms with Crippen LogP contribution in [-0.2, 0) is 6.54 Å². The Morgan fingerprint density at radius 3 is 2.70 bits per heavy atom. The van der Waals surface area contributed by atoms with Gasteiger partial charge >= 0.3 is 6.03 Å². The number of thiazole rings is 1. The van der Waals surface area contributed by atoms with E-state index < -0.39 is 0 Å². The lowest BCUT2D eigenvalue weighted by Crippen LogP contribution is -2.39. The Bertz CT molecular complexity index is 626. The number of amides is 2. The molecule has 0 spiro atoms. The van der Waals surface area contributed by atoms with Crippen LogP contribution in [0, 0.1) is 5.92 Å². The molecule has 124 valence electrons. The topological polar surface area (TPSA) is 70.2 Å². The van der Waals surface area contributed by atoms with E-state index in [0.717, 1.165) is 16.5 Å². The van der Waals surface area contributed by atoms with Gasteiger partial charge < -0.3 is 15.5 Å². The molecule has 23 heavy (non-hydrogen) atoms. The molecule has 7 heteroatoms. The maximum atomic E-state index is 12.2. The van der Waals surface area contributed by atoms with Crippen molar-refractivity contribution >= 4 is 22.5 Å². The predicted octanol–water partition coefficient (Wildman–Crippen LogP) is 2.80. The summed E-state index contributed by atoms with van der Waals surface area (Å²) >= 11 is 1.56. The van der Waals surface area contributed by atoms with Crippen LogP contribution >= 0.6 is 11.3 Å². The van der Waals surface area contributed by atoms with Crippen molar-refractivity contribution in [3.05, 3.63) is 41.2 Å². The summed E-state index contributed by atoms with van der Waals surface area (Å²) in [6.45, 7) is 4.52. The average Bonchev–Trinajstić information content (AvgIpc) is 3.00. The molecule has 0 aliphatic heterocycles. The van der Waals surface area contributed by atoms with Crippen LogP contribution in [0.4, 0.5) is 9.93 Å². The Balaban J connectivity index is 1.91. The number of nitrogens with one attached hydrogen (secondary N) is 2. The highest BCUT2D eigenvalue weighted by Crippen LogP contribution is 2.19. The van der Waals surface area contributed by atoms with Gasteiger partial charge in [0.25, 0.3) is 0 Å². The molecular formula is C16H23N5OS. The molecule has 1 unspecified atom stereocenters. The van der Waals surface area contributed by atoms with Crippen molar-refractivity contribution in [3.8, 4) is 0 Å². The third kappa shape index (κ3) is 4.92. The highest BCUT2D eigenvalue weighted by Gasteiger charge is 2.19. The van der Waals surface area contributed by atoms with E-state index in [2.05, 4.69) is 34.4 Å². The maximum absolute atomic E-state index is 12.2. The third-order valence-electron chi connectivity index (χ3n) is 3.31. The molecule has 2 aromatic rings. The molecule has 2 amide bonds. The lowest BCUT2D eigenvalue weighted by molar-refractivity contribution is 0.232. The SMILES string of the molecule is CC(C)C(NC(=O)NCc1csc(N(C)C)n1)c1ccccn1. The molecule has 0 aliphatic carbocycles. The number of pyridine rings is 1. The first-order chi connectivity index (χ1) is 11.0. The molecule has 0 aromatic carbocycles. The van der Waals surface area contributed by atoms with E-state index in [4.69, 9.17) is 0 Å². The Morgan fingerprint density at radius 1 is 1.35 bits per heavy atom. The summed E-state index contributed by atoms with van der Waals surface area (Å²) in [5, 5.41) is 8.72. The van der Waals surface area contributed by atoms with E-state index >= 15 is 0 Å². The fourth-order valence-electron chi connectivity index (χ4n) is 2.09. The van der Waals surface area contributed by atoms with Crippen molar-refractivity contribution in [1.29, 1.82) is 0 Å². The molecule has 0 fully saturated rings. The zero-order chi connectivity index (χ0) is 16.8. The van der Waals surface area contributed by atoms with Crippen LogP contribution < -0.4 is 15.5 Å². The van der Waals surface area contributed by atoms with E-state index in [9.17, 15) is 4.79 Å². The number of carbonyl (C=O) groups is 1. The number of anilines is 1. The normalized spacial score (nSPS) is 12.0. The first-order valence-electron chi connectivity index (χ1n) is 7.54. The standard InChI is InChI=1S/C16H23N5OS/c1-11(2)14(13-7-5-6-8-17-13)20-15(22)18-9-12-10-23-16(19-12)21(3)4/h5-8,10-11,14H,9H2,1-4H3,(H2,18,20,22). The minimum absolute atomic E-state index is 0.121. The lowest BCUT2D eigenvalue weighted by Gasteiger charge is -2.22. The van der Waals surface area contributed by atoms with Gasteiger partial charge in [0.05, 0.1) is 24.0 Å². The molecule has 6 nitrogen and oxygen atoms in total. The van der Waals surface area contributed by atoms with E-state index in [0.29, 0.717) is 6.54 Å². The Labute approximate surface area is 141 Å². The number of rotatable bonds is 6. The molecular weight excluding hydrogens is 310 g/mol. The average molecular weight is 333 g/mol. The highest BCUT2D eigenvalue weighted by atomic mass is 32.1. The smallest absolute Gasteiger partial charge is 0.315 e. The second kappa shape index (κ2) is 7.92. The fraction of sp³-hybridized carbons (Fsp3) is 0.438. The summed E-state index contributed by atoms with van der Waals surface area (Å²) in [4.78, 5) is 22.9. The number of carbonyl (C=O) groups excluding carboxylic acids is 1. The van der Waals surface area contributed by atoms with E-state index in [1.807, 2.05) is 42.6 Å². The van der Waals surface area contributed by atoms with Crippen molar-refractivity contribution in [2.45, 2.75) is 26.4 Å². The molecule has 2 N–H and O–H groups in total. The monoisotopic (exact) mass is 333 g/mol. The van der Waals surface area contributed by atoms with Crippen molar-refractivity contribution in [3.63, 3.8) is 0 Å². The third-order valence-corrected chi connectivity index (χ3v) is 4.37. The second-order valence-electron chi connectivity index (χ2n) is 5.82. The largest absolute Gasteiger partial charge is 0.354 e. The van der Waals surface area contributed by atoms with E-state index in [1.54, 1.807) is 17.5 Å². The lowest BCUT2D eigenvalue weighted by atomic mass is 10.0. The molecule has 0 saturated carbocycles. The number of aromatic nitrogens is 2. The van der Waals surface area contributed by atoms with Crippen molar-refractivity contribution in [2.24, 2.45) is 5.92 Å².